The first-order chi connectivity index (χ1) is 10.1. The summed E-state index contributed by atoms with van der Waals surface area (Å²) in [6.07, 6.45) is 1.57. The summed E-state index contributed by atoms with van der Waals surface area (Å²) in [6, 6.07) is 0.0486. The van der Waals surface area contributed by atoms with E-state index in [0.29, 0.717) is 12.1 Å². The Kier molecular flexibility index (Phi) is 3.95. The van der Waals surface area contributed by atoms with Gasteiger partial charge < -0.3 is 14.4 Å². The number of piperidine rings is 1. The Hall–Kier alpha value is -1.47. The molecule has 0 aliphatic carbocycles. The molecule has 4 atom stereocenters. The van der Waals surface area contributed by atoms with E-state index in [9.17, 15) is 9.59 Å². The maximum atomic E-state index is 12.7. The molecule has 1 aromatic rings. The second-order valence-corrected chi connectivity index (χ2v) is 6.22. The van der Waals surface area contributed by atoms with E-state index in [0.717, 1.165) is 12.8 Å². The van der Waals surface area contributed by atoms with E-state index in [2.05, 4.69) is 4.98 Å². The number of fused-ring (bicyclic) bond motifs is 1. The topological polar surface area (TPSA) is 68.7 Å². The molecule has 0 saturated carbocycles. The van der Waals surface area contributed by atoms with Gasteiger partial charge in [0.25, 0.3) is 5.91 Å². The summed E-state index contributed by atoms with van der Waals surface area (Å²) < 4.78 is 10.5. The van der Waals surface area contributed by atoms with Crippen molar-refractivity contribution in [3.63, 3.8) is 0 Å². The Morgan fingerprint density at radius 1 is 1.48 bits per heavy atom. The molecule has 0 radical (unpaired) electrons. The normalized spacial score (nSPS) is 31.8. The van der Waals surface area contributed by atoms with Crippen LogP contribution < -0.4 is 0 Å². The van der Waals surface area contributed by atoms with Crippen LogP contribution in [0.2, 0.25) is 0 Å². The van der Waals surface area contributed by atoms with E-state index in [4.69, 9.17) is 9.47 Å². The molecule has 7 heteroatoms. The Labute approximate surface area is 127 Å². The fourth-order valence-corrected chi connectivity index (χ4v) is 3.76. The highest BCUT2D eigenvalue weighted by Gasteiger charge is 2.48. The fourth-order valence-electron chi connectivity index (χ4n) is 3.24. The van der Waals surface area contributed by atoms with E-state index >= 15 is 0 Å². The van der Waals surface area contributed by atoms with Crippen molar-refractivity contribution >= 4 is 23.2 Å². The first-order valence-electron chi connectivity index (χ1n) is 7.06. The molecule has 3 rings (SSSR count). The zero-order valence-corrected chi connectivity index (χ0v) is 12.8. The van der Waals surface area contributed by atoms with Crippen LogP contribution in [0.4, 0.5) is 0 Å². The highest BCUT2D eigenvalue weighted by Crippen LogP contribution is 2.36. The van der Waals surface area contributed by atoms with Crippen LogP contribution in [0.3, 0.4) is 0 Å². The van der Waals surface area contributed by atoms with Crippen molar-refractivity contribution in [3.05, 3.63) is 16.6 Å². The average Bonchev–Trinajstić information content (AvgIpc) is 3.14. The molecule has 2 saturated heterocycles. The number of rotatable bonds is 2. The van der Waals surface area contributed by atoms with Crippen molar-refractivity contribution in [1.29, 1.82) is 0 Å². The van der Waals surface area contributed by atoms with Crippen LogP contribution in [0, 0.1) is 0 Å². The van der Waals surface area contributed by atoms with Gasteiger partial charge >= 0.3 is 5.97 Å². The van der Waals surface area contributed by atoms with Crippen LogP contribution in [-0.4, -0.2) is 53.2 Å². The molecular formula is C14H18N2O4S. The molecule has 2 aliphatic heterocycles. The molecule has 2 fully saturated rings. The van der Waals surface area contributed by atoms with Gasteiger partial charge in [0, 0.05) is 17.8 Å². The molecule has 6 nitrogen and oxygen atoms in total. The summed E-state index contributed by atoms with van der Waals surface area (Å²) in [4.78, 5) is 30.3. The summed E-state index contributed by atoms with van der Waals surface area (Å²) in [5, 5.41) is 1.76. The number of amides is 1. The molecule has 4 unspecified atom stereocenters. The van der Waals surface area contributed by atoms with E-state index in [1.807, 2.05) is 11.8 Å². The largest absolute Gasteiger partial charge is 0.467 e. The number of nitrogens with zero attached hydrogens (tertiary/aromatic N) is 2. The lowest BCUT2D eigenvalue weighted by atomic mass is 9.92. The molecule has 1 aromatic heterocycles. The molecule has 2 aliphatic rings. The van der Waals surface area contributed by atoms with Gasteiger partial charge in [0.2, 0.25) is 0 Å². The molecule has 0 bridgehead atoms. The number of hydrogen-bond acceptors (Lipinski definition) is 6. The number of carbonyl (C=O) groups is 2. The van der Waals surface area contributed by atoms with Crippen LogP contribution in [0.25, 0.3) is 0 Å². The second-order valence-electron chi connectivity index (χ2n) is 5.50. The molecule has 0 spiro atoms. The van der Waals surface area contributed by atoms with Gasteiger partial charge in [-0.3, -0.25) is 4.79 Å². The quantitative estimate of drug-likeness (QED) is 0.774. The Morgan fingerprint density at radius 2 is 2.29 bits per heavy atom. The summed E-state index contributed by atoms with van der Waals surface area (Å²) in [7, 11) is 1.36. The number of likely N-dealkylation sites (tertiary alicyclic amines) is 1. The van der Waals surface area contributed by atoms with Crippen LogP contribution in [0.5, 0.6) is 0 Å². The molecular weight excluding hydrogens is 292 g/mol. The van der Waals surface area contributed by atoms with Crippen LogP contribution in [0.1, 0.15) is 36.7 Å². The number of ether oxygens (including phenoxy) is 2. The third-order valence-corrected chi connectivity index (χ3v) is 4.86. The Balaban J connectivity index is 1.82. The first-order valence-corrected chi connectivity index (χ1v) is 8.00. The summed E-state index contributed by atoms with van der Waals surface area (Å²) in [5.41, 5.74) is 2.12. The SMILES string of the molecule is COC(=O)C1CC2C(CCC(C)N2C(=O)c2cscn2)O1. The van der Waals surface area contributed by atoms with Crippen molar-refractivity contribution in [2.75, 3.05) is 7.11 Å². The standard InChI is InChI=1S/C14H18N2O4S/c1-8-3-4-11-10(5-12(20-11)14(18)19-2)16(8)13(17)9-6-21-7-15-9/h6-8,10-12H,3-5H2,1-2H3. The van der Waals surface area contributed by atoms with Crippen molar-refractivity contribution in [1.82, 2.24) is 9.88 Å². The van der Waals surface area contributed by atoms with E-state index in [1.165, 1.54) is 18.4 Å². The number of aromatic nitrogens is 1. The maximum absolute atomic E-state index is 12.7. The van der Waals surface area contributed by atoms with Gasteiger partial charge in [0.15, 0.2) is 6.10 Å². The zero-order valence-electron chi connectivity index (χ0n) is 12.0. The van der Waals surface area contributed by atoms with Crippen molar-refractivity contribution in [2.45, 2.75) is 50.5 Å². The molecule has 0 aromatic carbocycles. The molecule has 114 valence electrons. The number of hydrogen-bond donors (Lipinski definition) is 0. The molecule has 3 heterocycles. The van der Waals surface area contributed by atoms with Crippen molar-refractivity contribution in [3.8, 4) is 0 Å². The summed E-state index contributed by atoms with van der Waals surface area (Å²) in [6.45, 7) is 2.03. The smallest absolute Gasteiger partial charge is 0.335 e. The monoisotopic (exact) mass is 310 g/mol. The van der Waals surface area contributed by atoms with Crippen molar-refractivity contribution in [2.24, 2.45) is 0 Å². The van der Waals surface area contributed by atoms with Gasteiger partial charge in [0.1, 0.15) is 5.69 Å². The van der Waals surface area contributed by atoms with E-state index in [-0.39, 0.29) is 30.1 Å². The third kappa shape index (κ3) is 2.55. The van der Waals surface area contributed by atoms with Gasteiger partial charge in [-0.1, -0.05) is 0 Å². The fraction of sp³-hybridized carbons (Fsp3) is 0.643. The molecule has 0 N–H and O–H groups in total. The number of thiazole rings is 1. The predicted octanol–water partition coefficient (Wildman–Crippen LogP) is 1.47. The number of carbonyl (C=O) groups excluding carboxylic acids is 2. The van der Waals surface area contributed by atoms with Crippen LogP contribution in [0.15, 0.2) is 10.9 Å². The van der Waals surface area contributed by atoms with Crippen molar-refractivity contribution < 1.29 is 19.1 Å². The van der Waals surface area contributed by atoms with E-state index < -0.39 is 6.10 Å². The minimum atomic E-state index is -0.568. The Bertz CT molecular complexity index is 533. The van der Waals surface area contributed by atoms with Crippen LogP contribution >= 0.6 is 11.3 Å². The van der Waals surface area contributed by atoms with Gasteiger partial charge in [-0.25, -0.2) is 9.78 Å². The van der Waals surface area contributed by atoms with Gasteiger partial charge in [0.05, 0.1) is 24.8 Å². The lowest BCUT2D eigenvalue weighted by Crippen LogP contribution is -2.53. The number of esters is 1. The van der Waals surface area contributed by atoms with Gasteiger partial charge in [-0.2, -0.15) is 0 Å². The third-order valence-electron chi connectivity index (χ3n) is 4.27. The molecule has 1 amide bonds. The van der Waals surface area contributed by atoms with E-state index in [1.54, 1.807) is 10.9 Å². The lowest BCUT2D eigenvalue weighted by molar-refractivity contribution is -0.153. The van der Waals surface area contributed by atoms with Gasteiger partial charge in [-0.05, 0) is 19.8 Å². The first kappa shape index (κ1) is 14.5. The highest BCUT2D eigenvalue weighted by molar-refractivity contribution is 7.07. The summed E-state index contributed by atoms with van der Waals surface area (Å²) in [5.74, 6) is -0.439. The molecule has 21 heavy (non-hydrogen) atoms. The Morgan fingerprint density at radius 3 is 2.95 bits per heavy atom. The second kappa shape index (κ2) is 5.73. The minimum absolute atomic E-state index is 0.0763. The van der Waals surface area contributed by atoms with Gasteiger partial charge in [-0.15, -0.1) is 11.3 Å². The number of methoxy groups -OCH3 is 1. The lowest BCUT2D eigenvalue weighted by Gasteiger charge is -2.41. The summed E-state index contributed by atoms with van der Waals surface area (Å²) >= 11 is 1.40. The maximum Gasteiger partial charge on any atom is 0.335 e. The van der Waals surface area contributed by atoms with Crippen LogP contribution in [-0.2, 0) is 14.3 Å². The predicted molar refractivity (Wildman–Crippen MR) is 76.1 cm³/mol. The average molecular weight is 310 g/mol. The minimum Gasteiger partial charge on any atom is -0.467 e. The zero-order chi connectivity index (χ0) is 15.0. The highest BCUT2D eigenvalue weighted by atomic mass is 32.1.